The van der Waals surface area contributed by atoms with Gasteiger partial charge in [-0.15, -0.1) is 0 Å². The van der Waals surface area contributed by atoms with Gasteiger partial charge in [0.1, 0.15) is 10.7 Å². The van der Waals surface area contributed by atoms with Crippen LogP contribution in [0.3, 0.4) is 0 Å². The zero-order valence-corrected chi connectivity index (χ0v) is 12.8. The van der Waals surface area contributed by atoms with E-state index in [2.05, 4.69) is 10.2 Å². The number of amides is 1. The van der Waals surface area contributed by atoms with Crippen molar-refractivity contribution in [2.24, 2.45) is 5.73 Å². The van der Waals surface area contributed by atoms with E-state index in [1.165, 1.54) is 12.8 Å². The monoisotopic (exact) mass is 307 g/mol. The Morgan fingerprint density at radius 1 is 1.33 bits per heavy atom. The highest BCUT2D eigenvalue weighted by atomic mass is 32.1. The molecule has 1 aromatic carbocycles. The van der Waals surface area contributed by atoms with Crippen LogP contribution in [0.1, 0.15) is 18.4 Å². The summed E-state index contributed by atoms with van der Waals surface area (Å²) in [6, 6.07) is 7.19. The quantitative estimate of drug-likeness (QED) is 0.733. The minimum absolute atomic E-state index is 0.0281. The summed E-state index contributed by atoms with van der Waals surface area (Å²) in [7, 11) is 0. The predicted octanol–water partition coefficient (Wildman–Crippen LogP) is 0.912. The van der Waals surface area contributed by atoms with Crippen LogP contribution in [-0.4, -0.2) is 48.6 Å². The van der Waals surface area contributed by atoms with Crippen LogP contribution in [-0.2, 0) is 4.79 Å². The van der Waals surface area contributed by atoms with Crippen LogP contribution >= 0.6 is 12.2 Å². The van der Waals surface area contributed by atoms with Crippen LogP contribution in [0.15, 0.2) is 24.3 Å². The minimum atomic E-state index is -0.132. The van der Waals surface area contributed by atoms with Crippen molar-refractivity contribution in [3.63, 3.8) is 0 Å². The molecule has 1 fully saturated rings. The summed E-state index contributed by atoms with van der Waals surface area (Å²) in [5.41, 5.74) is 6.27. The van der Waals surface area contributed by atoms with Crippen molar-refractivity contribution in [2.45, 2.75) is 12.8 Å². The first-order valence-corrected chi connectivity index (χ1v) is 7.58. The van der Waals surface area contributed by atoms with E-state index in [-0.39, 0.29) is 17.5 Å². The molecule has 3 N–H and O–H groups in total. The van der Waals surface area contributed by atoms with E-state index in [4.69, 9.17) is 22.7 Å². The normalized spacial score (nSPS) is 14.9. The number of ether oxygens (including phenoxy) is 1. The summed E-state index contributed by atoms with van der Waals surface area (Å²) in [6.45, 7) is 3.79. The molecule has 114 valence electrons. The number of thiocarbonyl (C=S) groups is 1. The summed E-state index contributed by atoms with van der Waals surface area (Å²) in [4.78, 5) is 14.4. The zero-order chi connectivity index (χ0) is 15.1. The molecule has 0 bridgehead atoms. The molecule has 1 amide bonds. The maximum absolute atomic E-state index is 11.8. The Kier molecular flexibility index (Phi) is 5.95. The van der Waals surface area contributed by atoms with E-state index in [9.17, 15) is 4.79 Å². The Balaban J connectivity index is 1.72. The van der Waals surface area contributed by atoms with E-state index in [1.807, 2.05) is 12.1 Å². The van der Waals surface area contributed by atoms with Crippen molar-refractivity contribution in [2.75, 3.05) is 32.8 Å². The van der Waals surface area contributed by atoms with Crippen LogP contribution in [0, 0.1) is 0 Å². The Labute approximate surface area is 130 Å². The van der Waals surface area contributed by atoms with Crippen LogP contribution in [0.5, 0.6) is 5.75 Å². The number of nitrogens with two attached hydrogens (primary N) is 1. The van der Waals surface area contributed by atoms with Gasteiger partial charge < -0.3 is 20.7 Å². The number of hydrogen-bond acceptors (Lipinski definition) is 4. The second-order valence-corrected chi connectivity index (χ2v) is 5.49. The number of nitrogens with one attached hydrogen (secondary N) is 1. The van der Waals surface area contributed by atoms with Crippen molar-refractivity contribution < 1.29 is 9.53 Å². The van der Waals surface area contributed by atoms with Gasteiger partial charge in [-0.25, -0.2) is 0 Å². The Morgan fingerprint density at radius 3 is 2.76 bits per heavy atom. The molecule has 0 spiro atoms. The Bertz CT molecular complexity index is 501. The van der Waals surface area contributed by atoms with E-state index in [0.717, 1.165) is 19.6 Å². The molecule has 0 unspecified atom stereocenters. The number of hydrogen-bond donors (Lipinski definition) is 2. The number of benzene rings is 1. The van der Waals surface area contributed by atoms with Gasteiger partial charge in [-0.1, -0.05) is 24.4 Å². The standard InChI is InChI=1S/C15H21N3O2S/c16-15(21)12-5-1-2-6-13(12)20-11-14(19)17-7-10-18-8-3-4-9-18/h1-2,5-6H,3-4,7-11H2,(H2,16,21)(H,17,19). The highest BCUT2D eigenvalue weighted by molar-refractivity contribution is 7.80. The molecule has 1 aliphatic heterocycles. The maximum atomic E-state index is 11.8. The number of carbonyl (C=O) groups is 1. The van der Waals surface area contributed by atoms with Gasteiger partial charge in [0.2, 0.25) is 0 Å². The van der Waals surface area contributed by atoms with Crippen LogP contribution < -0.4 is 15.8 Å². The molecule has 1 aliphatic rings. The van der Waals surface area contributed by atoms with Gasteiger partial charge in [-0.2, -0.15) is 0 Å². The topological polar surface area (TPSA) is 67.6 Å². The molecule has 21 heavy (non-hydrogen) atoms. The summed E-state index contributed by atoms with van der Waals surface area (Å²) in [5, 5.41) is 2.86. The molecule has 0 aromatic heterocycles. The summed E-state index contributed by atoms with van der Waals surface area (Å²) >= 11 is 4.95. The summed E-state index contributed by atoms with van der Waals surface area (Å²) in [6.07, 6.45) is 2.51. The molecule has 0 radical (unpaired) electrons. The molecule has 2 rings (SSSR count). The van der Waals surface area contributed by atoms with Gasteiger partial charge in [0.15, 0.2) is 6.61 Å². The number of likely N-dealkylation sites (tertiary alicyclic amines) is 1. The third-order valence-electron chi connectivity index (χ3n) is 3.46. The van der Waals surface area contributed by atoms with E-state index < -0.39 is 0 Å². The van der Waals surface area contributed by atoms with Gasteiger partial charge in [-0.3, -0.25) is 4.79 Å². The number of rotatable bonds is 7. The van der Waals surface area contributed by atoms with Crippen LogP contribution in [0.25, 0.3) is 0 Å². The summed E-state index contributed by atoms with van der Waals surface area (Å²) < 4.78 is 5.49. The second-order valence-electron chi connectivity index (χ2n) is 5.05. The zero-order valence-electron chi connectivity index (χ0n) is 12.0. The van der Waals surface area contributed by atoms with Crippen molar-refractivity contribution >= 4 is 23.1 Å². The molecule has 1 aromatic rings. The van der Waals surface area contributed by atoms with Gasteiger partial charge in [0.05, 0.1) is 5.56 Å². The fraction of sp³-hybridized carbons (Fsp3) is 0.467. The van der Waals surface area contributed by atoms with Gasteiger partial charge in [0.25, 0.3) is 5.91 Å². The van der Waals surface area contributed by atoms with E-state index >= 15 is 0 Å². The van der Waals surface area contributed by atoms with E-state index in [1.54, 1.807) is 12.1 Å². The molecule has 0 saturated carbocycles. The summed E-state index contributed by atoms with van der Waals surface area (Å²) in [5.74, 6) is 0.409. The van der Waals surface area contributed by atoms with Gasteiger partial charge in [-0.05, 0) is 38.1 Å². The third kappa shape index (κ3) is 4.99. The SMILES string of the molecule is NC(=S)c1ccccc1OCC(=O)NCCN1CCCC1. The first-order valence-electron chi connectivity index (χ1n) is 7.17. The van der Waals surface area contributed by atoms with Crippen molar-refractivity contribution in [1.29, 1.82) is 0 Å². The molecule has 0 atom stereocenters. The van der Waals surface area contributed by atoms with Crippen LogP contribution in [0.2, 0.25) is 0 Å². The molecule has 1 saturated heterocycles. The molecular weight excluding hydrogens is 286 g/mol. The van der Waals surface area contributed by atoms with Crippen LogP contribution in [0.4, 0.5) is 0 Å². The molecule has 6 heteroatoms. The van der Waals surface area contributed by atoms with Gasteiger partial charge in [0, 0.05) is 13.1 Å². The first kappa shape index (κ1) is 15.7. The molecule has 5 nitrogen and oxygen atoms in total. The lowest BCUT2D eigenvalue weighted by Gasteiger charge is -2.15. The fourth-order valence-electron chi connectivity index (χ4n) is 2.35. The lowest BCUT2D eigenvalue weighted by molar-refractivity contribution is -0.123. The minimum Gasteiger partial charge on any atom is -0.483 e. The van der Waals surface area contributed by atoms with E-state index in [0.29, 0.717) is 17.9 Å². The molecule has 0 aliphatic carbocycles. The number of carbonyl (C=O) groups excluding carboxylic acids is 1. The number of nitrogens with zero attached hydrogens (tertiary/aromatic N) is 1. The number of para-hydroxylation sites is 1. The second kappa shape index (κ2) is 7.95. The third-order valence-corrected chi connectivity index (χ3v) is 3.68. The first-order chi connectivity index (χ1) is 10.2. The molecular formula is C15H21N3O2S. The average Bonchev–Trinajstić information content (AvgIpc) is 2.98. The highest BCUT2D eigenvalue weighted by Gasteiger charge is 2.12. The van der Waals surface area contributed by atoms with Gasteiger partial charge >= 0.3 is 0 Å². The predicted molar refractivity (Wildman–Crippen MR) is 86.5 cm³/mol. The molecule has 1 heterocycles. The van der Waals surface area contributed by atoms with Crippen molar-refractivity contribution in [3.8, 4) is 5.75 Å². The highest BCUT2D eigenvalue weighted by Crippen LogP contribution is 2.17. The Hall–Kier alpha value is -1.66. The van der Waals surface area contributed by atoms with Crippen molar-refractivity contribution in [1.82, 2.24) is 10.2 Å². The lowest BCUT2D eigenvalue weighted by atomic mass is 10.2. The lowest BCUT2D eigenvalue weighted by Crippen LogP contribution is -2.36. The maximum Gasteiger partial charge on any atom is 0.257 e. The van der Waals surface area contributed by atoms with Crippen molar-refractivity contribution in [3.05, 3.63) is 29.8 Å². The largest absolute Gasteiger partial charge is 0.483 e. The average molecular weight is 307 g/mol. The Morgan fingerprint density at radius 2 is 2.05 bits per heavy atom. The smallest absolute Gasteiger partial charge is 0.257 e. The fourth-order valence-corrected chi connectivity index (χ4v) is 2.52.